The number of hydrogen-bond acceptors (Lipinski definition) is 6. The zero-order chi connectivity index (χ0) is 32.5. The zero-order valence-electron chi connectivity index (χ0n) is 25.6. The Kier molecular flexibility index (Phi) is 11.4. The molecule has 0 radical (unpaired) electrons. The molecule has 0 spiro atoms. The molecule has 4 rings (SSSR count). The molecule has 1 atom stereocenters. The van der Waals surface area contributed by atoms with Crippen LogP contribution in [0.2, 0.25) is 0 Å². The monoisotopic (exact) mass is 651 g/mol. The minimum Gasteiger partial charge on any atom is -0.493 e. The van der Waals surface area contributed by atoms with Gasteiger partial charge in [-0.3, -0.25) is 4.72 Å². The van der Waals surface area contributed by atoms with Gasteiger partial charge in [0.1, 0.15) is 23.0 Å². The first-order valence-corrected chi connectivity index (χ1v) is 16.7. The summed E-state index contributed by atoms with van der Waals surface area (Å²) in [5.41, 5.74) is 2.89. The Morgan fingerprint density at radius 1 is 0.867 bits per heavy atom. The molecule has 0 fully saturated rings. The quantitative estimate of drug-likeness (QED) is 0.0925. The van der Waals surface area contributed by atoms with Gasteiger partial charge >= 0.3 is 5.97 Å². The van der Waals surface area contributed by atoms with E-state index < -0.39 is 20.9 Å². The molecule has 0 aliphatic rings. The van der Waals surface area contributed by atoms with Crippen LogP contribution in [0.25, 0.3) is 0 Å². The molecule has 4 aromatic rings. The van der Waals surface area contributed by atoms with Crippen molar-refractivity contribution >= 4 is 33.3 Å². The number of alkyl halides is 1. The van der Waals surface area contributed by atoms with E-state index in [4.69, 9.17) is 25.8 Å². The maximum atomic E-state index is 12.9. The van der Waals surface area contributed by atoms with Crippen LogP contribution in [0, 0.1) is 6.92 Å². The highest BCUT2D eigenvalue weighted by Gasteiger charge is 2.36. The third-order valence-electron chi connectivity index (χ3n) is 7.26. The van der Waals surface area contributed by atoms with Crippen LogP contribution in [-0.2, 0) is 26.1 Å². The van der Waals surface area contributed by atoms with Crippen LogP contribution < -0.4 is 18.9 Å². The summed E-state index contributed by atoms with van der Waals surface area (Å²) in [6.07, 6.45) is 2.63. The highest BCUT2D eigenvalue weighted by atomic mass is 35.5. The first-order chi connectivity index (χ1) is 21.6. The molecule has 0 aliphatic carbocycles. The zero-order valence-corrected chi connectivity index (χ0v) is 27.2. The maximum absolute atomic E-state index is 12.9. The number of anilines is 1. The van der Waals surface area contributed by atoms with Gasteiger partial charge in [0.05, 0.1) is 23.8 Å². The van der Waals surface area contributed by atoms with Crippen molar-refractivity contribution in [2.45, 2.75) is 56.2 Å². The standard InChI is InChI=1S/C35H38ClNO7S/c1-4-9-26-24-30(44-29-16-19-31(20-17-29)45(40,41)37-32-11-7-6-10-25(32)3)18-21-33(26)43-23-8-22-42-28-14-12-27(13-15-28)35(36,5-2)34(38)39/h6-7,10-21,24,37H,4-5,8-9,22-23H2,1-3H3,(H,38,39). The van der Waals surface area contributed by atoms with Crippen molar-refractivity contribution in [3.8, 4) is 23.0 Å². The summed E-state index contributed by atoms with van der Waals surface area (Å²) >= 11 is 6.29. The Morgan fingerprint density at radius 3 is 2.16 bits per heavy atom. The number of halogens is 1. The highest BCUT2D eigenvalue weighted by Crippen LogP contribution is 2.34. The average molecular weight is 652 g/mol. The van der Waals surface area contributed by atoms with Crippen LogP contribution in [0.3, 0.4) is 0 Å². The minimum atomic E-state index is -3.74. The summed E-state index contributed by atoms with van der Waals surface area (Å²) in [6, 6.07) is 25.9. The summed E-state index contributed by atoms with van der Waals surface area (Å²) in [5, 5.41) is 9.46. The molecule has 4 aromatic carbocycles. The number of aryl methyl sites for hydroxylation is 2. The van der Waals surface area contributed by atoms with E-state index in [0.29, 0.717) is 48.1 Å². The molecule has 2 N–H and O–H groups in total. The van der Waals surface area contributed by atoms with E-state index in [1.807, 2.05) is 37.3 Å². The number of para-hydroxylation sites is 1. The Balaban J connectivity index is 1.30. The van der Waals surface area contributed by atoms with Crippen LogP contribution in [0.15, 0.2) is 95.9 Å². The van der Waals surface area contributed by atoms with Gasteiger partial charge in [0.15, 0.2) is 4.87 Å². The van der Waals surface area contributed by atoms with E-state index in [1.54, 1.807) is 55.5 Å². The summed E-state index contributed by atoms with van der Waals surface area (Å²) < 4.78 is 46.2. The van der Waals surface area contributed by atoms with E-state index in [0.717, 1.165) is 29.7 Å². The number of aliphatic carboxylic acids is 1. The van der Waals surface area contributed by atoms with Crippen LogP contribution in [-0.4, -0.2) is 32.7 Å². The van der Waals surface area contributed by atoms with Crippen LogP contribution in [0.4, 0.5) is 5.69 Å². The van der Waals surface area contributed by atoms with Crippen molar-refractivity contribution in [1.29, 1.82) is 0 Å². The first kappa shape index (κ1) is 33.7. The second-order valence-corrected chi connectivity index (χ2v) is 12.9. The number of carboxylic acids is 1. The fourth-order valence-electron chi connectivity index (χ4n) is 4.66. The number of carboxylic acid groups (broad SMARTS) is 1. The Morgan fingerprint density at radius 2 is 1.51 bits per heavy atom. The molecule has 0 aliphatic heterocycles. The predicted molar refractivity (Wildman–Crippen MR) is 176 cm³/mol. The van der Waals surface area contributed by atoms with Crippen molar-refractivity contribution in [2.75, 3.05) is 17.9 Å². The molecule has 0 heterocycles. The van der Waals surface area contributed by atoms with E-state index in [2.05, 4.69) is 11.6 Å². The van der Waals surface area contributed by atoms with E-state index >= 15 is 0 Å². The molecule has 0 bridgehead atoms. The number of benzene rings is 4. The lowest BCUT2D eigenvalue weighted by Crippen LogP contribution is -2.28. The lowest BCUT2D eigenvalue weighted by Gasteiger charge is -2.21. The third kappa shape index (κ3) is 8.71. The lowest BCUT2D eigenvalue weighted by molar-refractivity contribution is -0.140. The van der Waals surface area contributed by atoms with Crippen molar-refractivity contribution in [1.82, 2.24) is 0 Å². The van der Waals surface area contributed by atoms with Gasteiger partial charge in [-0.1, -0.05) is 50.6 Å². The van der Waals surface area contributed by atoms with Gasteiger partial charge in [-0.05, 0) is 97.1 Å². The molecule has 0 saturated heterocycles. The summed E-state index contributed by atoms with van der Waals surface area (Å²) in [6.45, 7) is 6.54. The third-order valence-corrected chi connectivity index (χ3v) is 9.29. The number of nitrogens with one attached hydrogen (secondary N) is 1. The largest absolute Gasteiger partial charge is 0.493 e. The SMILES string of the molecule is CCCc1cc(Oc2ccc(S(=O)(=O)Nc3ccccc3C)cc2)ccc1OCCCOc1ccc(C(Cl)(CC)C(=O)O)cc1. The second-order valence-electron chi connectivity index (χ2n) is 10.5. The average Bonchev–Trinajstić information content (AvgIpc) is 3.03. The number of hydrogen-bond donors (Lipinski definition) is 2. The van der Waals surface area contributed by atoms with Gasteiger partial charge in [-0.15, -0.1) is 11.6 Å². The fourth-order valence-corrected chi connectivity index (χ4v) is 5.92. The summed E-state index contributed by atoms with van der Waals surface area (Å²) in [7, 11) is -3.74. The van der Waals surface area contributed by atoms with Gasteiger partial charge in [0, 0.05) is 6.42 Å². The molecule has 0 amide bonds. The van der Waals surface area contributed by atoms with E-state index in [9.17, 15) is 18.3 Å². The highest BCUT2D eigenvalue weighted by molar-refractivity contribution is 7.92. The van der Waals surface area contributed by atoms with Gasteiger partial charge < -0.3 is 19.3 Å². The van der Waals surface area contributed by atoms with Crippen LogP contribution in [0.1, 0.15) is 49.8 Å². The van der Waals surface area contributed by atoms with Crippen molar-refractivity contribution in [3.63, 3.8) is 0 Å². The van der Waals surface area contributed by atoms with Crippen LogP contribution >= 0.6 is 11.6 Å². The fraction of sp³-hybridized carbons (Fsp3) is 0.286. The Hall–Kier alpha value is -4.21. The molecule has 0 aromatic heterocycles. The van der Waals surface area contributed by atoms with Crippen LogP contribution in [0.5, 0.6) is 23.0 Å². The normalized spacial score (nSPS) is 12.6. The molecule has 45 heavy (non-hydrogen) atoms. The Bertz CT molecular complexity index is 1690. The van der Waals surface area contributed by atoms with E-state index in [-0.39, 0.29) is 11.3 Å². The molecular weight excluding hydrogens is 614 g/mol. The topological polar surface area (TPSA) is 111 Å². The number of ether oxygens (including phenoxy) is 3. The van der Waals surface area contributed by atoms with Crippen molar-refractivity contribution < 1.29 is 32.5 Å². The molecule has 8 nitrogen and oxygen atoms in total. The number of rotatable bonds is 16. The molecule has 238 valence electrons. The van der Waals surface area contributed by atoms with Crippen molar-refractivity contribution in [3.05, 3.63) is 108 Å². The van der Waals surface area contributed by atoms with Gasteiger partial charge in [0.25, 0.3) is 10.0 Å². The predicted octanol–water partition coefficient (Wildman–Crippen LogP) is 8.32. The second kappa shape index (κ2) is 15.2. The van der Waals surface area contributed by atoms with Gasteiger partial charge in [-0.25, -0.2) is 13.2 Å². The van der Waals surface area contributed by atoms with Crippen molar-refractivity contribution in [2.24, 2.45) is 0 Å². The minimum absolute atomic E-state index is 0.140. The number of carbonyl (C=O) groups is 1. The number of sulfonamides is 1. The molecular formula is C35H38ClNO7S. The smallest absolute Gasteiger partial charge is 0.329 e. The molecule has 10 heteroatoms. The lowest BCUT2D eigenvalue weighted by atomic mass is 9.95. The van der Waals surface area contributed by atoms with E-state index in [1.165, 1.54) is 12.1 Å². The first-order valence-electron chi connectivity index (χ1n) is 14.8. The summed E-state index contributed by atoms with van der Waals surface area (Å²) in [5.74, 6) is 1.46. The maximum Gasteiger partial charge on any atom is 0.329 e. The van der Waals surface area contributed by atoms with Gasteiger partial charge in [0.2, 0.25) is 0 Å². The summed E-state index contributed by atoms with van der Waals surface area (Å²) in [4.78, 5) is 10.2. The molecule has 1 unspecified atom stereocenters. The van der Waals surface area contributed by atoms with Gasteiger partial charge in [-0.2, -0.15) is 0 Å². The molecule has 0 saturated carbocycles. The Labute approximate surface area is 270 Å².